The third kappa shape index (κ3) is 4.04. The third-order valence-electron chi connectivity index (χ3n) is 4.28. The topological polar surface area (TPSA) is 48.8 Å². The van der Waals surface area contributed by atoms with Crippen LogP contribution in [0, 0.1) is 13.8 Å². The van der Waals surface area contributed by atoms with Gasteiger partial charge < -0.3 is 10.6 Å². The highest BCUT2D eigenvalue weighted by Crippen LogP contribution is 2.31. The van der Waals surface area contributed by atoms with Crippen LogP contribution < -0.4 is 10.6 Å². The second-order valence-corrected chi connectivity index (χ2v) is 7.28. The van der Waals surface area contributed by atoms with E-state index in [0.29, 0.717) is 0 Å². The summed E-state index contributed by atoms with van der Waals surface area (Å²) >= 11 is 1.49. The quantitative estimate of drug-likeness (QED) is 0.559. The number of benzene rings is 3. The summed E-state index contributed by atoms with van der Waals surface area (Å²) in [7, 11) is 0. The van der Waals surface area contributed by atoms with Gasteiger partial charge in [0.1, 0.15) is 0 Å². The number of hydrogen-bond acceptors (Lipinski definition) is 3. The summed E-state index contributed by atoms with van der Waals surface area (Å²) in [6.45, 7) is 4.13. The van der Waals surface area contributed by atoms with E-state index >= 15 is 0 Å². The number of hydrogen-bond donors (Lipinski definition) is 2. The summed E-state index contributed by atoms with van der Waals surface area (Å²) in [4.78, 5) is 9.68. The van der Waals surface area contributed by atoms with Gasteiger partial charge in [0, 0.05) is 0 Å². The first-order valence-electron chi connectivity index (χ1n) is 8.78. The fourth-order valence-electron chi connectivity index (χ4n) is 2.77. The van der Waals surface area contributed by atoms with Gasteiger partial charge in [0.15, 0.2) is 10.3 Å². The minimum atomic E-state index is 0.786. The molecule has 0 amide bonds. The molecule has 3 aromatic rings. The Hall–Kier alpha value is -3.05. The van der Waals surface area contributed by atoms with Crippen molar-refractivity contribution in [1.29, 1.82) is 0 Å². The molecule has 4 nitrogen and oxygen atoms in total. The third-order valence-corrected chi connectivity index (χ3v) is 5.05. The molecule has 2 N–H and O–H groups in total. The fraction of sp³-hybridized carbons (Fsp3) is 0.0909. The van der Waals surface area contributed by atoms with Crippen LogP contribution in [0.1, 0.15) is 11.1 Å². The van der Waals surface area contributed by atoms with Crippen LogP contribution in [0.25, 0.3) is 0 Å². The highest BCUT2D eigenvalue weighted by atomic mass is 32.2. The number of thioether (sulfide) groups is 1. The van der Waals surface area contributed by atoms with E-state index in [4.69, 9.17) is 9.98 Å². The van der Waals surface area contributed by atoms with Crippen molar-refractivity contribution in [3.05, 3.63) is 83.9 Å². The number of para-hydroxylation sites is 4. The van der Waals surface area contributed by atoms with Gasteiger partial charge in [-0.2, -0.15) is 0 Å². The summed E-state index contributed by atoms with van der Waals surface area (Å²) in [6, 6.07) is 24.3. The Kier molecular flexibility index (Phi) is 4.94. The summed E-state index contributed by atoms with van der Waals surface area (Å²) in [6.07, 6.45) is 0. The standard InChI is InChI=1S/C22H20N4S/c1-15-9-3-5-11-17(15)23-21-25-19-13-7-8-14-20(19)26-22(27-21)24-18-12-6-4-10-16(18)2/h3-14H,1-2H3,(H,23,25)(H,24,26). The zero-order valence-corrected chi connectivity index (χ0v) is 16.0. The van der Waals surface area contributed by atoms with Crippen molar-refractivity contribution in [1.82, 2.24) is 0 Å². The van der Waals surface area contributed by atoms with Crippen molar-refractivity contribution in [3.63, 3.8) is 0 Å². The predicted molar refractivity (Wildman–Crippen MR) is 118 cm³/mol. The normalized spacial score (nSPS) is 16.4. The van der Waals surface area contributed by atoms with Crippen LogP contribution in [0.4, 0.5) is 22.7 Å². The SMILES string of the molecule is Cc1ccccc1N=C1Nc2ccccc2NC(=Nc2ccccc2C)S1. The van der Waals surface area contributed by atoms with Gasteiger partial charge in [0.2, 0.25) is 0 Å². The molecule has 0 aliphatic carbocycles. The number of nitrogens with one attached hydrogen (secondary N) is 2. The van der Waals surface area contributed by atoms with Gasteiger partial charge in [-0.25, -0.2) is 9.98 Å². The Bertz CT molecular complexity index is 957. The lowest BCUT2D eigenvalue weighted by atomic mass is 10.2. The first-order chi connectivity index (χ1) is 13.2. The van der Waals surface area contributed by atoms with Crippen LogP contribution in [-0.4, -0.2) is 10.3 Å². The summed E-state index contributed by atoms with van der Waals surface area (Å²) in [5.41, 5.74) is 6.12. The monoisotopic (exact) mass is 372 g/mol. The molecule has 1 aliphatic heterocycles. The molecule has 0 atom stereocenters. The van der Waals surface area contributed by atoms with Gasteiger partial charge in [-0.1, -0.05) is 48.5 Å². The number of anilines is 2. The lowest BCUT2D eigenvalue weighted by Gasteiger charge is -2.07. The molecule has 5 heteroatoms. The Labute approximate surface area is 163 Å². The first-order valence-corrected chi connectivity index (χ1v) is 9.60. The van der Waals surface area contributed by atoms with E-state index in [1.807, 2.05) is 60.7 Å². The molecule has 0 fully saturated rings. The second-order valence-electron chi connectivity index (χ2n) is 6.30. The Balaban J connectivity index is 1.77. The van der Waals surface area contributed by atoms with Crippen molar-refractivity contribution >= 4 is 44.8 Å². The van der Waals surface area contributed by atoms with Crippen LogP contribution in [-0.2, 0) is 0 Å². The number of fused-ring (bicyclic) bond motifs is 1. The average molecular weight is 372 g/mol. The van der Waals surface area contributed by atoms with Crippen molar-refractivity contribution in [3.8, 4) is 0 Å². The van der Waals surface area contributed by atoms with Gasteiger partial charge in [-0.3, -0.25) is 0 Å². The minimum absolute atomic E-state index is 0.786. The average Bonchev–Trinajstić information content (AvgIpc) is 2.84. The molecule has 0 radical (unpaired) electrons. The molecule has 0 aromatic heterocycles. The van der Waals surface area contributed by atoms with Crippen molar-refractivity contribution in [2.45, 2.75) is 13.8 Å². The predicted octanol–water partition coefficient (Wildman–Crippen LogP) is 6.25. The van der Waals surface area contributed by atoms with Gasteiger partial charge in [0.05, 0.1) is 22.7 Å². The zero-order chi connectivity index (χ0) is 18.6. The molecule has 27 heavy (non-hydrogen) atoms. The van der Waals surface area contributed by atoms with Crippen molar-refractivity contribution in [2.75, 3.05) is 10.6 Å². The molecule has 1 heterocycles. The van der Waals surface area contributed by atoms with Gasteiger partial charge in [0.25, 0.3) is 0 Å². The summed E-state index contributed by atoms with van der Waals surface area (Å²) in [5, 5.41) is 8.44. The molecule has 0 saturated carbocycles. The molecule has 134 valence electrons. The number of aryl methyl sites for hydroxylation is 2. The Morgan fingerprint density at radius 2 is 1.00 bits per heavy atom. The zero-order valence-electron chi connectivity index (χ0n) is 15.2. The van der Waals surface area contributed by atoms with Crippen LogP contribution in [0.3, 0.4) is 0 Å². The van der Waals surface area contributed by atoms with E-state index in [1.165, 1.54) is 11.8 Å². The Morgan fingerprint density at radius 3 is 1.44 bits per heavy atom. The fourth-order valence-corrected chi connectivity index (χ4v) is 3.57. The molecule has 0 bridgehead atoms. The molecule has 4 rings (SSSR count). The Morgan fingerprint density at radius 1 is 0.593 bits per heavy atom. The van der Waals surface area contributed by atoms with E-state index in [0.717, 1.165) is 44.2 Å². The lowest BCUT2D eigenvalue weighted by Crippen LogP contribution is -2.10. The number of amidine groups is 2. The van der Waals surface area contributed by atoms with E-state index < -0.39 is 0 Å². The van der Waals surface area contributed by atoms with E-state index in [1.54, 1.807) is 0 Å². The highest BCUT2D eigenvalue weighted by Gasteiger charge is 2.17. The maximum Gasteiger partial charge on any atom is 0.174 e. The minimum Gasteiger partial charge on any atom is -0.333 e. The van der Waals surface area contributed by atoms with Gasteiger partial charge >= 0.3 is 0 Å². The summed E-state index contributed by atoms with van der Waals surface area (Å²) < 4.78 is 0. The maximum absolute atomic E-state index is 4.84. The molecular weight excluding hydrogens is 352 g/mol. The van der Waals surface area contributed by atoms with Crippen molar-refractivity contribution < 1.29 is 0 Å². The number of nitrogens with zero attached hydrogens (tertiary/aromatic N) is 2. The van der Waals surface area contributed by atoms with Gasteiger partial charge in [-0.15, -0.1) is 0 Å². The van der Waals surface area contributed by atoms with E-state index in [-0.39, 0.29) is 0 Å². The van der Waals surface area contributed by atoms with Crippen molar-refractivity contribution in [2.24, 2.45) is 9.98 Å². The largest absolute Gasteiger partial charge is 0.333 e. The van der Waals surface area contributed by atoms with Crippen LogP contribution in [0.5, 0.6) is 0 Å². The number of aliphatic imine (C=N–C) groups is 2. The molecule has 0 saturated heterocycles. The molecule has 3 aromatic carbocycles. The van der Waals surface area contributed by atoms with Crippen LogP contribution in [0.2, 0.25) is 0 Å². The lowest BCUT2D eigenvalue weighted by molar-refractivity contribution is 1.40. The second kappa shape index (κ2) is 7.68. The van der Waals surface area contributed by atoms with E-state index in [2.05, 4.69) is 36.6 Å². The van der Waals surface area contributed by atoms with Crippen LogP contribution in [0.15, 0.2) is 82.8 Å². The van der Waals surface area contributed by atoms with Crippen LogP contribution >= 0.6 is 11.8 Å². The molecule has 0 unspecified atom stereocenters. The number of rotatable bonds is 2. The molecular formula is C22H20N4S. The molecule has 0 spiro atoms. The molecule has 1 aliphatic rings. The van der Waals surface area contributed by atoms with E-state index in [9.17, 15) is 0 Å². The first kappa shape index (κ1) is 17.4. The highest BCUT2D eigenvalue weighted by molar-refractivity contribution is 8.27. The smallest absolute Gasteiger partial charge is 0.174 e. The maximum atomic E-state index is 4.84. The summed E-state index contributed by atoms with van der Waals surface area (Å²) in [5.74, 6) is 0. The van der Waals surface area contributed by atoms with Gasteiger partial charge in [-0.05, 0) is 61.0 Å².